The Morgan fingerprint density at radius 2 is 2.04 bits per heavy atom. The first kappa shape index (κ1) is 16.7. The highest BCUT2D eigenvalue weighted by atomic mass is 16.1. The molecule has 1 saturated carbocycles. The number of anilines is 3. The van der Waals surface area contributed by atoms with Gasteiger partial charge in [-0.1, -0.05) is 18.2 Å². The number of rotatable bonds is 4. The van der Waals surface area contributed by atoms with Crippen LogP contribution < -0.4 is 10.6 Å². The minimum atomic E-state index is -0.173. The maximum Gasteiger partial charge on any atom is 0.222 e. The molecule has 2 aliphatic carbocycles. The Morgan fingerprint density at radius 1 is 1.21 bits per heavy atom. The summed E-state index contributed by atoms with van der Waals surface area (Å²) in [6, 6.07) is 13.5. The van der Waals surface area contributed by atoms with Gasteiger partial charge in [0.25, 0.3) is 0 Å². The first-order valence-electron chi connectivity index (χ1n) is 9.45. The second-order valence-electron chi connectivity index (χ2n) is 7.50. The third-order valence-corrected chi connectivity index (χ3v) is 5.45. The van der Waals surface area contributed by atoms with Crippen LogP contribution >= 0.6 is 0 Å². The zero-order valence-corrected chi connectivity index (χ0v) is 15.5. The van der Waals surface area contributed by atoms with E-state index in [9.17, 15) is 9.59 Å². The lowest BCUT2D eigenvalue weighted by molar-refractivity contribution is -0.114. The van der Waals surface area contributed by atoms with Gasteiger partial charge in [-0.05, 0) is 43.0 Å². The highest BCUT2D eigenvalue weighted by Crippen LogP contribution is 2.51. The lowest BCUT2D eigenvalue weighted by Crippen LogP contribution is -2.14. The second-order valence-corrected chi connectivity index (χ2v) is 7.50. The van der Waals surface area contributed by atoms with Gasteiger partial charge in [0.2, 0.25) is 5.91 Å². The smallest absolute Gasteiger partial charge is 0.222 e. The first-order valence-corrected chi connectivity index (χ1v) is 9.45. The fourth-order valence-electron chi connectivity index (χ4n) is 4.06. The molecular weight excluding hydrogens is 352 g/mol. The number of para-hydroxylation sites is 1. The predicted molar refractivity (Wildman–Crippen MR) is 108 cm³/mol. The van der Waals surface area contributed by atoms with Crippen molar-refractivity contribution in [1.29, 1.82) is 0 Å². The largest absolute Gasteiger partial charge is 0.356 e. The Hall–Kier alpha value is -3.41. The molecule has 3 aromatic rings. The third kappa shape index (κ3) is 2.87. The number of hydrogen-bond donors (Lipinski definition) is 3. The maximum absolute atomic E-state index is 13.0. The fraction of sp³-hybridized carbons (Fsp3) is 0.227. The van der Waals surface area contributed by atoms with Crippen molar-refractivity contribution in [2.24, 2.45) is 11.8 Å². The van der Waals surface area contributed by atoms with Gasteiger partial charge in [-0.15, -0.1) is 0 Å². The third-order valence-electron chi connectivity index (χ3n) is 5.45. The van der Waals surface area contributed by atoms with E-state index in [4.69, 9.17) is 0 Å². The lowest BCUT2D eigenvalue weighted by Gasteiger charge is -2.13. The molecule has 2 heterocycles. The number of ketones is 1. The fourth-order valence-corrected chi connectivity index (χ4v) is 4.06. The van der Waals surface area contributed by atoms with E-state index >= 15 is 0 Å². The number of aromatic nitrogens is 2. The van der Waals surface area contributed by atoms with Crippen LogP contribution in [0.2, 0.25) is 0 Å². The topological polar surface area (TPSA) is 86.9 Å². The van der Waals surface area contributed by atoms with E-state index in [1.54, 1.807) is 6.20 Å². The summed E-state index contributed by atoms with van der Waals surface area (Å²) in [5, 5.41) is 6.17. The van der Waals surface area contributed by atoms with Gasteiger partial charge in [-0.25, -0.2) is 4.98 Å². The molecule has 3 N–H and O–H groups in total. The van der Waals surface area contributed by atoms with Crippen molar-refractivity contribution in [3.8, 4) is 11.3 Å². The standard InChI is InChI=1S/C22H20N4O2/c1-12(27)24-18-11-13(7-8-23-18)20-21(25-15-5-3-2-4-6-15)19-17(26-20)10-14-9-16(14)22(19)28/h2-8,11,14,16,25-26H,9-10H2,1H3,(H,23,24,27). The molecule has 140 valence electrons. The van der Waals surface area contributed by atoms with E-state index in [0.717, 1.165) is 46.7 Å². The molecule has 2 aromatic heterocycles. The zero-order chi connectivity index (χ0) is 19.3. The van der Waals surface area contributed by atoms with E-state index in [1.165, 1.54) is 6.92 Å². The van der Waals surface area contributed by atoms with Crippen LogP contribution in [0.3, 0.4) is 0 Å². The minimum absolute atomic E-state index is 0.167. The molecule has 6 heteroatoms. The highest BCUT2D eigenvalue weighted by molar-refractivity contribution is 6.10. The highest BCUT2D eigenvalue weighted by Gasteiger charge is 2.49. The molecule has 28 heavy (non-hydrogen) atoms. The summed E-state index contributed by atoms with van der Waals surface area (Å²) in [4.78, 5) is 32.1. The molecule has 1 aromatic carbocycles. The molecule has 6 nitrogen and oxygen atoms in total. The summed E-state index contributed by atoms with van der Waals surface area (Å²) >= 11 is 0. The quantitative estimate of drug-likeness (QED) is 0.642. The van der Waals surface area contributed by atoms with E-state index in [-0.39, 0.29) is 17.6 Å². The minimum Gasteiger partial charge on any atom is -0.356 e. The zero-order valence-electron chi connectivity index (χ0n) is 15.5. The van der Waals surface area contributed by atoms with Crippen molar-refractivity contribution >= 4 is 28.9 Å². The second kappa shape index (κ2) is 6.34. The average molecular weight is 372 g/mol. The summed E-state index contributed by atoms with van der Waals surface area (Å²) in [6.45, 7) is 1.45. The number of aromatic amines is 1. The number of Topliss-reactive ketones (excluding diaryl/α,β-unsaturated/α-hetero) is 1. The molecule has 5 rings (SSSR count). The van der Waals surface area contributed by atoms with Crippen LogP contribution in [0, 0.1) is 11.8 Å². The Kier molecular flexibility index (Phi) is 3.79. The van der Waals surface area contributed by atoms with Gasteiger partial charge in [-0.2, -0.15) is 0 Å². The summed E-state index contributed by atoms with van der Waals surface area (Å²) in [6.07, 6.45) is 3.55. The molecular formula is C22H20N4O2. The average Bonchev–Trinajstić information content (AvgIpc) is 3.37. The molecule has 2 unspecified atom stereocenters. The molecule has 1 amide bonds. The number of hydrogen-bond acceptors (Lipinski definition) is 4. The van der Waals surface area contributed by atoms with Gasteiger partial charge >= 0.3 is 0 Å². The number of pyridine rings is 1. The molecule has 0 saturated heterocycles. The molecule has 1 fully saturated rings. The summed E-state index contributed by atoms with van der Waals surface area (Å²) in [7, 11) is 0. The number of benzene rings is 1. The van der Waals surface area contributed by atoms with Crippen LogP contribution in [0.5, 0.6) is 0 Å². The predicted octanol–water partition coefficient (Wildman–Crippen LogP) is 4.15. The molecule has 2 aliphatic rings. The number of amides is 1. The van der Waals surface area contributed by atoms with Gasteiger partial charge < -0.3 is 15.6 Å². The summed E-state index contributed by atoms with van der Waals surface area (Å²) in [5.41, 5.74) is 5.21. The van der Waals surface area contributed by atoms with Crippen LogP contribution in [-0.2, 0) is 11.2 Å². The molecule has 0 bridgehead atoms. The molecule has 0 aliphatic heterocycles. The van der Waals surface area contributed by atoms with Crippen molar-refractivity contribution in [2.45, 2.75) is 19.8 Å². The Bertz CT molecular complexity index is 1090. The number of carbonyl (C=O) groups excluding carboxylic acids is 2. The monoisotopic (exact) mass is 372 g/mol. The summed E-state index contributed by atoms with van der Waals surface area (Å²) in [5.74, 6) is 1.18. The lowest BCUT2D eigenvalue weighted by atomic mass is 9.95. The van der Waals surface area contributed by atoms with E-state index < -0.39 is 0 Å². The van der Waals surface area contributed by atoms with Crippen molar-refractivity contribution in [2.75, 3.05) is 10.6 Å². The maximum atomic E-state index is 13.0. The SMILES string of the molecule is CC(=O)Nc1cc(-c2[nH]c3c(c2Nc2ccccc2)C(=O)C2CC2C3)ccn1. The van der Waals surface area contributed by atoms with Gasteiger partial charge in [0.15, 0.2) is 5.78 Å². The van der Waals surface area contributed by atoms with Crippen LogP contribution in [0.1, 0.15) is 29.4 Å². The normalized spacial score (nSPS) is 19.5. The van der Waals surface area contributed by atoms with Gasteiger partial charge in [-0.3, -0.25) is 9.59 Å². The number of nitrogens with one attached hydrogen (secondary N) is 3. The van der Waals surface area contributed by atoms with Crippen LogP contribution in [0.4, 0.5) is 17.2 Å². The van der Waals surface area contributed by atoms with Crippen LogP contribution in [0.15, 0.2) is 48.7 Å². The van der Waals surface area contributed by atoms with Crippen molar-refractivity contribution in [3.05, 3.63) is 59.9 Å². The van der Waals surface area contributed by atoms with E-state index in [2.05, 4.69) is 20.6 Å². The van der Waals surface area contributed by atoms with Crippen LogP contribution in [-0.4, -0.2) is 21.7 Å². The Labute approximate surface area is 162 Å². The van der Waals surface area contributed by atoms with Crippen LogP contribution in [0.25, 0.3) is 11.3 Å². The summed E-state index contributed by atoms with van der Waals surface area (Å²) < 4.78 is 0. The Balaban J connectivity index is 1.63. The number of nitrogens with zero attached hydrogens (tertiary/aromatic N) is 1. The van der Waals surface area contributed by atoms with Crippen molar-refractivity contribution in [1.82, 2.24) is 9.97 Å². The van der Waals surface area contributed by atoms with Crippen molar-refractivity contribution in [3.63, 3.8) is 0 Å². The van der Waals surface area contributed by atoms with Gasteiger partial charge in [0, 0.05) is 36.0 Å². The van der Waals surface area contributed by atoms with E-state index in [1.807, 2.05) is 42.5 Å². The number of fused-ring (bicyclic) bond motifs is 2. The number of carbonyl (C=O) groups is 2. The van der Waals surface area contributed by atoms with Crippen molar-refractivity contribution < 1.29 is 9.59 Å². The first-order chi connectivity index (χ1) is 13.6. The van der Waals surface area contributed by atoms with E-state index in [0.29, 0.717) is 11.7 Å². The number of H-pyrrole nitrogens is 1. The molecule has 2 atom stereocenters. The van der Waals surface area contributed by atoms with Gasteiger partial charge in [0.1, 0.15) is 5.82 Å². The van der Waals surface area contributed by atoms with Gasteiger partial charge in [0.05, 0.1) is 16.9 Å². The molecule has 0 spiro atoms. The Morgan fingerprint density at radius 3 is 2.82 bits per heavy atom. The molecule has 0 radical (unpaired) electrons.